The minimum absolute atomic E-state index is 0.653. The van der Waals surface area contributed by atoms with Gasteiger partial charge in [-0.2, -0.15) is 0 Å². The molecule has 0 radical (unpaired) electrons. The first-order valence-corrected chi connectivity index (χ1v) is 19.1. The Balaban J connectivity index is 1.12. The zero-order chi connectivity index (χ0) is 38.1. The molecule has 0 saturated heterocycles. The molecule has 10 aromatic rings. The van der Waals surface area contributed by atoms with Crippen LogP contribution in [0.15, 0.2) is 150 Å². The van der Waals surface area contributed by atoms with Gasteiger partial charge in [0.05, 0.1) is 5.56 Å². The van der Waals surface area contributed by atoms with E-state index in [1.54, 1.807) is 0 Å². The number of pyridine rings is 1. The number of hydrogen-bond acceptors (Lipinski definition) is 4. The summed E-state index contributed by atoms with van der Waals surface area (Å²) >= 11 is 0. The third-order valence-corrected chi connectivity index (χ3v) is 11.2. The highest BCUT2D eigenvalue weighted by atomic mass is 16.3. The summed E-state index contributed by atoms with van der Waals surface area (Å²) in [5.74, 6) is 1.96. The topological polar surface area (TPSA) is 55.7 Å². The molecule has 0 fully saturated rings. The molecule has 0 saturated carbocycles. The first-order chi connectivity index (χ1) is 27.3. The SMILES string of the molecule is Cc1c[n+](C)c(-c2c(C)ccc3c2oc2cc4c(ccc5ccccc54)cc23)cc1-c1c(C)cc(-c2nc(-c3ccccc3)nc(-c3ccccc3)n2)cc1C. The molecule has 0 atom stereocenters. The Morgan fingerprint density at radius 1 is 0.446 bits per heavy atom. The van der Waals surface area contributed by atoms with Crippen molar-refractivity contribution in [2.45, 2.75) is 27.7 Å². The Morgan fingerprint density at radius 3 is 1.73 bits per heavy atom. The van der Waals surface area contributed by atoms with E-state index in [1.807, 2.05) is 60.7 Å². The van der Waals surface area contributed by atoms with E-state index in [0.717, 1.165) is 61.0 Å². The molecule has 0 amide bonds. The quantitative estimate of drug-likeness (QED) is 0.131. The second-order valence-electron chi connectivity index (χ2n) is 15.0. The molecule has 0 spiro atoms. The van der Waals surface area contributed by atoms with Crippen LogP contribution in [0.1, 0.15) is 22.3 Å². The van der Waals surface area contributed by atoms with E-state index in [9.17, 15) is 0 Å². The van der Waals surface area contributed by atoms with Gasteiger partial charge in [0.25, 0.3) is 0 Å². The molecule has 7 aromatic carbocycles. The van der Waals surface area contributed by atoms with Crippen LogP contribution < -0.4 is 4.57 Å². The van der Waals surface area contributed by atoms with Crippen molar-refractivity contribution < 1.29 is 8.98 Å². The Bertz CT molecular complexity index is 3100. The van der Waals surface area contributed by atoms with Gasteiger partial charge in [0.15, 0.2) is 23.7 Å². The van der Waals surface area contributed by atoms with Crippen molar-refractivity contribution in [1.82, 2.24) is 15.0 Å². The molecule has 0 aliphatic heterocycles. The van der Waals surface area contributed by atoms with E-state index < -0.39 is 0 Å². The van der Waals surface area contributed by atoms with Crippen molar-refractivity contribution in [1.29, 1.82) is 0 Å². The standard InChI is InChI=1S/C51H39N4O/c1-30-20-23-40-43-26-37-22-21-34-14-12-13-19-39(34)42(37)28-45(43)56-48(40)47(30)44-27-41(33(4)29-55(44)5)46-31(2)24-38(25-32(46)3)51-53-49(35-15-8-6-9-16-35)52-50(54-51)36-17-10-7-11-18-36/h6-29H,1-5H3/q+1. The molecular weight excluding hydrogens is 685 g/mol. The number of rotatable bonds is 5. The third-order valence-electron chi connectivity index (χ3n) is 11.2. The number of fused-ring (bicyclic) bond motifs is 6. The number of aryl methyl sites for hydroxylation is 5. The monoisotopic (exact) mass is 723 g/mol. The minimum atomic E-state index is 0.653. The molecule has 5 heteroatoms. The van der Waals surface area contributed by atoms with Crippen molar-refractivity contribution in [3.63, 3.8) is 0 Å². The first-order valence-electron chi connectivity index (χ1n) is 19.1. The van der Waals surface area contributed by atoms with Crippen LogP contribution in [0.2, 0.25) is 0 Å². The molecule has 10 rings (SSSR count). The zero-order valence-electron chi connectivity index (χ0n) is 32.1. The lowest BCUT2D eigenvalue weighted by Crippen LogP contribution is -2.31. The minimum Gasteiger partial charge on any atom is -0.455 e. The van der Waals surface area contributed by atoms with Crippen molar-refractivity contribution in [2.24, 2.45) is 7.05 Å². The second-order valence-corrected chi connectivity index (χ2v) is 15.0. The smallest absolute Gasteiger partial charge is 0.216 e. The van der Waals surface area contributed by atoms with Gasteiger partial charge in [-0.15, -0.1) is 0 Å². The van der Waals surface area contributed by atoms with Gasteiger partial charge in [-0.1, -0.05) is 109 Å². The largest absolute Gasteiger partial charge is 0.455 e. The lowest BCUT2D eigenvalue weighted by atomic mass is 9.90. The van der Waals surface area contributed by atoms with Gasteiger partial charge in [-0.05, 0) is 101 Å². The van der Waals surface area contributed by atoms with Crippen LogP contribution in [0, 0.1) is 27.7 Å². The van der Waals surface area contributed by atoms with Gasteiger partial charge in [-0.3, -0.25) is 0 Å². The Morgan fingerprint density at radius 2 is 1.05 bits per heavy atom. The van der Waals surface area contributed by atoms with Gasteiger partial charge in [0, 0.05) is 39.1 Å². The normalized spacial score (nSPS) is 11.7. The summed E-state index contributed by atoms with van der Waals surface area (Å²) < 4.78 is 9.10. The molecule has 268 valence electrons. The maximum Gasteiger partial charge on any atom is 0.216 e. The third kappa shape index (κ3) is 5.54. The van der Waals surface area contributed by atoms with E-state index in [0.29, 0.717) is 17.5 Å². The van der Waals surface area contributed by atoms with Gasteiger partial charge in [0.1, 0.15) is 18.2 Å². The number of hydrogen-bond donors (Lipinski definition) is 0. The average Bonchev–Trinajstić information content (AvgIpc) is 3.58. The highest BCUT2D eigenvalue weighted by Gasteiger charge is 2.25. The van der Waals surface area contributed by atoms with Crippen LogP contribution in [0.4, 0.5) is 0 Å². The van der Waals surface area contributed by atoms with Gasteiger partial charge >= 0.3 is 0 Å². The summed E-state index contributed by atoms with van der Waals surface area (Å²) in [5, 5.41) is 7.13. The maximum atomic E-state index is 6.87. The van der Waals surface area contributed by atoms with Crippen LogP contribution >= 0.6 is 0 Å². The molecule has 0 bridgehead atoms. The predicted molar refractivity (Wildman–Crippen MR) is 229 cm³/mol. The maximum absolute atomic E-state index is 6.87. The highest BCUT2D eigenvalue weighted by molar-refractivity contribution is 6.17. The van der Waals surface area contributed by atoms with Gasteiger partial charge < -0.3 is 4.42 Å². The molecule has 5 nitrogen and oxygen atoms in total. The summed E-state index contributed by atoms with van der Waals surface area (Å²) in [5.41, 5.74) is 14.0. The second kappa shape index (κ2) is 13.1. The predicted octanol–water partition coefficient (Wildman–Crippen LogP) is 12.5. The number of aromatic nitrogens is 4. The Labute approximate surface area is 325 Å². The molecular formula is C51H39N4O+. The highest BCUT2D eigenvalue weighted by Crippen LogP contribution is 2.41. The first kappa shape index (κ1) is 33.6. The van der Waals surface area contributed by atoms with E-state index in [-0.39, 0.29) is 0 Å². The lowest BCUT2D eigenvalue weighted by molar-refractivity contribution is -0.660. The molecule has 0 aliphatic carbocycles. The molecule has 0 aliphatic rings. The van der Waals surface area contributed by atoms with E-state index in [1.165, 1.54) is 43.8 Å². The van der Waals surface area contributed by atoms with Crippen molar-refractivity contribution >= 4 is 43.5 Å². The summed E-state index contributed by atoms with van der Waals surface area (Å²) in [6, 6.07) is 48.9. The van der Waals surface area contributed by atoms with E-state index >= 15 is 0 Å². The molecule has 56 heavy (non-hydrogen) atoms. The Hall–Kier alpha value is -6.98. The summed E-state index contributed by atoms with van der Waals surface area (Å²) in [6.45, 7) is 8.75. The zero-order valence-corrected chi connectivity index (χ0v) is 32.1. The van der Waals surface area contributed by atoms with Gasteiger partial charge in [-0.25, -0.2) is 19.5 Å². The van der Waals surface area contributed by atoms with Crippen LogP contribution in [-0.4, -0.2) is 15.0 Å². The fourth-order valence-electron chi connectivity index (χ4n) is 8.51. The van der Waals surface area contributed by atoms with Gasteiger partial charge in [0.2, 0.25) is 5.69 Å². The van der Waals surface area contributed by atoms with Crippen LogP contribution in [0.5, 0.6) is 0 Å². The summed E-state index contributed by atoms with van der Waals surface area (Å²) in [4.78, 5) is 14.9. The van der Waals surface area contributed by atoms with Crippen LogP contribution in [0.25, 0.3) is 100 Å². The summed E-state index contributed by atoms with van der Waals surface area (Å²) in [7, 11) is 2.13. The van der Waals surface area contributed by atoms with Crippen molar-refractivity contribution in [3.05, 3.63) is 168 Å². The van der Waals surface area contributed by atoms with E-state index in [4.69, 9.17) is 19.4 Å². The van der Waals surface area contributed by atoms with Crippen molar-refractivity contribution in [2.75, 3.05) is 0 Å². The van der Waals surface area contributed by atoms with Crippen LogP contribution in [-0.2, 0) is 7.05 Å². The molecule has 0 unspecified atom stereocenters. The fourth-order valence-corrected chi connectivity index (χ4v) is 8.51. The molecule has 3 aromatic heterocycles. The number of nitrogens with zero attached hydrogens (tertiary/aromatic N) is 4. The van der Waals surface area contributed by atoms with Crippen molar-refractivity contribution in [3.8, 4) is 56.5 Å². The molecule has 3 heterocycles. The van der Waals surface area contributed by atoms with Crippen LogP contribution in [0.3, 0.4) is 0 Å². The lowest BCUT2D eigenvalue weighted by Gasteiger charge is -2.16. The number of furan rings is 1. The molecule has 0 N–H and O–H groups in total. The van der Waals surface area contributed by atoms with E-state index in [2.05, 4.69) is 124 Å². The number of benzene rings is 7. The summed E-state index contributed by atoms with van der Waals surface area (Å²) in [6.07, 6.45) is 2.24. The Kier molecular flexibility index (Phi) is 7.86. The average molecular weight is 724 g/mol. The fraction of sp³-hybridized carbons (Fsp3) is 0.0980.